The van der Waals surface area contributed by atoms with Crippen LogP contribution in [0.15, 0.2) is 35.0 Å². The van der Waals surface area contributed by atoms with Crippen molar-refractivity contribution in [2.75, 3.05) is 12.4 Å². The first-order valence-corrected chi connectivity index (χ1v) is 9.13. The summed E-state index contributed by atoms with van der Waals surface area (Å²) in [6.07, 6.45) is 0. The summed E-state index contributed by atoms with van der Waals surface area (Å²) in [7, 11) is -2.19. The number of hydrogen-bond acceptors (Lipinski definition) is 6. The van der Waals surface area contributed by atoms with Crippen LogP contribution in [0, 0.1) is 11.3 Å². The molecule has 0 aliphatic heterocycles. The lowest BCUT2D eigenvalue weighted by Crippen LogP contribution is -2.39. The zero-order valence-electron chi connectivity index (χ0n) is 15.0. The van der Waals surface area contributed by atoms with Gasteiger partial charge in [-0.3, -0.25) is 0 Å². The van der Waals surface area contributed by atoms with E-state index in [0.717, 1.165) is 0 Å². The average molecular weight is 351 g/mol. The van der Waals surface area contributed by atoms with Crippen molar-refractivity contribution < 1.29 is 13.2 Å². The summed E-state index contributed by atoms with van der Waals surface area (Å²) in [4.78, 5) is -0.310. The third-order valence-corrected chi connectivity index (χ3v) is 5.18. The van der Waals surface area contributed by atoms with Crippen LogP contribution < -0.4 is 15.4 Å². The zero-order chi connectivity index (χ0) is 18.5. The van der Waals surface area contributed by atoms with Crippen LogP contribution in [0.3, 0.4) is 0 Å². The quantitative estimate of drug-likeness (QED) is 0.766. The minimum atomic E-state index is -3.73. The molecule has 1 rings (SSSR count). The van der Waals surface area contributed by atoms with Gasteiger partial charge in [0.25, 0.3) is 0 Å². The maximum atomic E-state index is 12.5. The molecule has 1 aromatic carbocycles. The van der Waals surface area contributed by atoms with Crippen LogP contribution in [0.25, 0.3) is 0 Å². The molecule has 0 aliphatic rings. The topological polar surface area (TPSA) is 91.2 Å². The first-order valence-electron chi connectivity index (χ1n) is 7.59. The van der Waals surface area contributed by atoms with E-state index in [1.165, 1.54) is 0 Å². The van der Waals surface area contributed by atoms with Gasteiger partial charge < -0.3 is 15.4 Å². The predicted octanol–water partition coefficient (Wildman–Crippen LogP) is 3.01. The number of ether oxygens (including phenoxy) is 1. The molecule has 0 bridgehead atoms. The SMILES string of the molecule is COc1cccc(NC(NC(C)(C)C)=C(C#N)S(=O)(=O)C(C)C)c1. The maximum absolute atomic E-state index is 12.5. The summed E-state index contributed by atoms with van der Waals surface area (Å²) in [5, 5.41) is 14.9. The Kier molecular flexibility index (Phi) is 6.27. The highest BCUT2D eigenvalue weighted by molar-refractivity contribution is 7.96. The molecular weight excluding hydrogens is 326 g/mol. The third-order valence-electron chi connectivity index (χ3n) is 3.07. The van der Waals surface area contributed by atoms with Crippen LogP contribution in [-0.2, 0) is 9.84 Å². The van der Waals surface area contributed by atoms with Gasteiger partial charge in [0.2, 0.25) is 0 Å². The van der Waals surface area contributed by atoms with Gasteiger partial charge in [-0.25, -0.2) is 8.42 Å². The van der Waals surface area contributed by atoms with E-state index in [2.05, 4.69) is 10.6 Å². The van der Waals surface area contributed by atoms with Crippen molar-refractivity contribution in [3.05, 3.63) is 35.0 Å². The van der Waals surface area contributed by atoms with Crippen molar-refractivity contribution in [2.45, 2.75) is 45.4 Å². The largest absolute Gasteiger partial charge is 0.497 e. The molecule has 7 heteroatoms. The number of sulfone groups is 1. The van der Waals surface area contributed by atoms with Gasteiger partial charge in [0.15, 0.2) is 14.7 Å². The molecule has 0 aromatic heterocycles. The van der Waals surface area contributed by atoms with E-state index in [9.17, 15) is 13.7 Å². The highest BCUT2D eigenvalue weighted by atomic mass is 32.2. The number of nitriles is 1. The standard InChI is InChI=1S/C17H25N3O3S/c1-12(2)24(21,22)15(11-18)16(20-17(3,4)5)19-13-8-7-9-14(10-13)23-6/h7-10,12,19-20H,1-6H3. The van der Waals surface area contributed by atoms with Gasteiger partial charge in [-0.15, -0.1) is 0 Å². The fraction of sp³-hybridized carbons (Fsp3) is 0.471. The van der Waals surface area contributed by atoms with Crippen LogP contribution in [0.1, 0.15) is 34.6 Å². The summed E-state index contributed by atoms with van der Waals surface area (Å²) >= 11 is 0. The van der Waals surface area contributed by atoms with Crippen molar-refractivity contribution >= 4 is 15.5 Å². The molecule has 6 nitrogen and oxygen atoms in total. The minimum absolute atomic E-state index is 0.159. The van der Waals surface area contributed by atoms with Crippen molar-refractivity contribution in [1.29, 1.82) is 5.26 Å². The Hall–Kier alpha value is -2.20. The van der Waals surface area contributed by atoms with Crippen molar-refractivity contribution in [1.82, 2.24) is 5.32 Å². The first kappa shape index (κ1) is 19.8. The summed E-state index contributed by atoms with van der Waals surface area (Å²) in [5.74, 6) is 0.785. The highest BCUT2D eigenvalue weighted by Crippen LogP contribution is 2.22. The van der Waals surface area contributed by atoms with Gasteiger partial charge in [-0.2, -0.15) is 5.26 Å². The van der Waals surface area contributed by atoms with E-state index in [4.69, 9.17) is 4.74 Å². The maximum Gasteiger partial charge on any atom is 0.194 e. The average Bonchev–Trinajstić information content (AvgIpc) is 2.46. The van der Waals surface area contributed by atoms with Crippen LogP contribution in [0.2, 0.25) is 0 Å². The van der Waals surface area contributed by atoms with Crippen molar-refractivity contribution in [3.63, 3.8) is 0 Å². The molecule has 0 saturated heterocycles. The number of hydrogen-bond donors (Lipinski definition) is 2. The Morgan fingerprint density at radius 2 is 1.92 bits per heavy atom. The van der Waals surface area contributed by atoms with Gasteiger partial charge >= 0.3 is 0 Å². The van der Waals surface area contributed by atoms with Crippen LogP contribution >= 0.6 is 0 Å². The molecule has 0 unspecified atom stereocenters. The van der Waals surface area contributed by atoms with Gasteiger partial charge in [-0.05, 0) is 46.8 Å². The van der Waals surface area contributed by atoms with Gasteiger partial charge in [0, 0.05) is 17.3 Å². The molecular formula is C17H25N3O3S. The Labute approximate surface area is 144 Å². The lowest BCUT2D eigenvalue weighted by Gasteiger charge is -2.26. The second kappa shape index (κ2) is 7.58. The normalized spacial score (nSPS) is 13.1. The van der Waals surface area contributed by atoms with E-state index >= 15 is 0 Å². The second-order valence-electron chi connectivity index (χ2n) is 6.64. The van der Waals surface area contributed by atoms with E-state index in [0.29, 0.717) is 11.4 Å². The smallest absolute Gasteiger partial charge is 0.194 e. The molecule has 0 saturated carbocycles. The Balaban J connectivity index is 3.45. The van der Waals surface area contributed by atoms with Crippen molar-refractivity contribution in [3.8, 4) is 11.8 Å². The molecule has 0 aliphatic carbocycles. The summed E-state index contributed by atoms with van der Waals surface area (Å²) in [6, 6.07) is 8.88. The minimum Gasteiger partial charge on any atom is -0.497 e. The molecule has 1 aromatic rings. The summed E-state index contributed by atoms with van der Waals surface area (Å²) in [5.41, 5.74) is 0.184. The van der Waals surface area contributed by atoms with Gasteiger partial charge in [-0.1, -0.05) is 6.07 Å². The predicted molar refractivity (Wildman–Crippen MR) is 96.2 cm³/mol. The van der Waals surface area contributed by atoms with Crippen LogP contribution in [-0.4, -0.2) is 26.3 Å². The Bertz CT molecular complexity index is 754. The number of rotatable bonds is 6. The number of allylic oxidation sites excluding steroid dienone is 1. The molecule has 0 fully saturated rings. The van der Waals surface area contributed by atoms with E-state index in [-0.39, 0.29) is 10.7 Å². The number of anilines is 1. The summed E-state index contributed by atoms with van der Waals surface area (Å²) in [6.45, 7) is 8.76. The van der Waals surface area contributed by atoms with Gasteiger partial charge in [0.1, 0.15) is 17.6 Å². The lowest BCUT2D eigenvalue weighted by atomic mass is 10.1. The molecule has 0 radical (unpaired) electrons. The Morgan fingerprint density at radius 3 is 2.38 bits per heavy atom. The highest BCUT2D eigenvalue weighted by Gasteiger charge is 2.28. The van der Waals surface area contributed by atoms with Gasteiger partial charge in [0.05, 0.1) is 12.4 Å². The van der Waals surface area contributed by atoms with E-state index in [1.807, 2.05) is 26.8 Å². The molecule has 2 N–H and O–H groups in total. The molecule has 0 atom stereocenters. The summed E-state index contributed by atoms with van der Waals surface area (Å²) < 4.78 is 30.2. The van der Waals surface area contributed by atoms with E-state index in [1.54, 1.807) is 45.2 Å². The van der Waals surface area contributed by atoms with Crippen LogP contribution in [0.4, 0.5) is 5.69 Å². The fourth-order valence-electron chi connectivity index (χ4n) is 1.86. The molecule has 0 amide bonds. The lowest BCUT2D eigenvalue weighted by molar-refractivity contribution is 0.415. The second-order valence-corrected chi connectivity index (χ2v) is 9.08. The molecule has 24 heavy (non-hydrogen) atoms. The monoisotopic (exact) mass is 351 g/mol. The van der Waals surface area contributed by atoms with Crippen LogP contribution in [0.5, 0.6) is 5.75 Å². The zero-order valence-corrected chi connectivity index (χ0v) is 15.8. The first-order chi connectivity index (χ1) is 11.0. The number of nitrogens with zero attached hydrogens (tertiary/aromatic N) is 1. The molecule has 0 heterocycles. The number of nitrogens with one attached hydrogen (secondary N) is 2. The number of methoxy groups -OCH3 is 1. The third kappa shape index (κ3) is 5.17. The Morgan fingerprint density at radius 1 is 1.29 bits per heavy atom. The van der Waals surface area contributed by atoms with E-state index < -0.39 is 20.6 Å². The number of benzene rings is 1. The molecule has 132 valence electrons. The fourth-order valence-corrected chi connectivity index (χ4v) is 2.85. The molecule has 0 spiro atoms. The van der Waals surface area contributed by atoms with Crippen molar-refractivity contribution in [2.24, 2.45) is 0 Å².